The molecule has 2 atom stereocenters. The van der Waals surface area contributed by atoms with Crippen molar-refractivity contribution in [1.29, 1.82) is 0 Å². The number of benzene rings is 1. The van der Waals surface area contributed by atoms with Gasteiger partial charge >= 0.3 is 18.9 Å². The van der Waals surface area contributed by atoms with E-state index in [4.69, 9.17) is 9.47 Å². The van der Waals surface area contributed by atoms with Crippen LogP contribution in [-0.2, 0) is 0 Å². The van der Waals surface area contributed by atoms with Crippen molar-refractivity contribution in [2.45, 2.75) is 25.4 Å². The molecule has 0 amide bonds. The number of ether oxygens (including phenoxy) is 2. The monoisotopic (exact) mass is 262 g/mol. The predicted octanol–water partition coefficient (Wildman–Crippen LogP) is 2.28. The summed E-state index contributed by atoms with van der Waals surface area (Å²) >= 11 is 0. The van der Waals surface area contributed by atoms with Gasteiger partial charge in [0.15, 0.2) is 5.78 Å². The van der Waals surface area contributed by atoms with Crippen molar-refractivity contribution < 1.29 is 14.3 Å². The second-order valence-electron chi connectivity index (χ2n) is 4.14. The molecule has 18 heavy (non-hydrogen) atoms. The minimum absolute atomic E-state index is 0. The molecule has 0 bridgehead atoms. The van der Waals surface area contributed by atoms with Gasteiger partial charge in [-0.15, -0.1) is 9.24 Å². The number of methoxy groups -OCH3 is 2. The average molecular weight is 262 g/mol. The Morgan fingerprint density at radius 3 is 2.06 bits per heavy atom. The molecule has 0 fully saturated rings. The Kier molecular flexibility index (Phi) is 7.00. The summed E-state index contributed by atoms with van der Waals surface area (Å²) in [5.74, 6) is 1.12. The molecule has 0 saturated carbocycles. The molecule has 2 unspecified atom stereocenters. The van der Waals surface area contributed by atoms with Gasteiger partial charge in [-0.05, 0) is 25.5 Å². The number of Topliss-reactive ketones (excluding diaryl/α,β-unsaturated/α-hetero) is 1. The first-order valence-electron chi connectivity index (χ1n) is 5.52. The van der Waals surface area contributed by atoms with Gasteiger partial charge < -0.3 is 9.47 Å². The van der Waals surface area contributed by atoms with Crippen LogP contribution < -0.4 is 9.47 Å². The van der Waals surface area contributed by atoms with E-state index < -0.39 is 5.16 Å². The molecule has 0 aromatic heterocycles. The summed E-state index contributed by atoms with van der Waals surface area (Å²) < 4.78 is 10.5. The average Bonchev–Trinajstić information content (AvgIpc) is 2.36. The Hall–Kier alpha value is -0.483. The van der Waals surface area contributed by atoms with E-state index in [9.17, 15) is 4.79 Å². The van der Waals surface area contributed by atoms with Crippen LogP contribution in [0.15, 0.2) is 18.2 Å². The number of ketones is 1. The molecule has 3 nitrogen and oxygen atoms in total. The first kappa shape index (κ1) is 17.5. The first-order chi connectivity index (χ1) is 7.97. The summed E-state index contributed by atoms with van der Waals surface area (Å²) in [6.45, 7) is 3.87. The summed E-state index contributed by atoms with van der Waals surface area (Å²) in [4.78, 5) is 12.5. The van der Waals surface area contributed by atoms with Crippen LogP contribution in [0.2, 0.25) is 0 Å². The molecule has 5 heteroatoms. The van der Waals surface area contributed by atoms with Crippen LogP contribution in [0, 0.1) is 0 Å². The fraction of sp³-hybridized carbons (Fsp3) is 0.462. The normalized spacial score (nSPS) is 13.2. The standard InChI is InChI=1S/C13H19O3P.Li.H/c1-5-13(2,17)12(14)11-9(15-3)7-6-8-10(11)16-4;;/h6-8H,5,17H2,1-4H3;;. The second-order valence-corrected chi connectivity index (χ2v) is 5.41. The number of rotatable bonds is 5. The van der Waals surface area contributed by atoms with Crippen molar-refractivity contribution in [1.82, 2.24) is 0 Å². The van der Waals surface area contributed by atoms with Crippen LogP contribution in [0.1, 0.15) is 30.6 Å². The van der Waals surface area contributed by atoms with Crippen LogP contribution in [0.4, 0.5) is 0 Å². The van der Waals surface area contributed by atoms with E-state index in [1.807, 2.05) is 13.8 Å². The third kappa shape index (κ3) is 3.51. The van der Waals surface area contributed by atoms with E-state index >= 15 is 0 Å². The molecule has 0 radical (unpaired) electrons. The summed E-state index contributed by atoms with van der Waals surface area (Å²) in [5.41, 5.74) is 0.511. The Morgan fingerprint density at radius 1 is 1.28 bits per heavy atom. The minimum atomic E-state index is -0.498. The second kappa shape index (κ2) is 7.19. The fourth-order valence-corrected chi connectivity index (χ4v) is 1.67. The van der Waals surface area contributed by atoms with Gasteiger partial charge in [-0.2, -0.15) is 0 Å². The van der Waals surface area contributed by atoms with Crippen molar-refractivity contribution in [3.63, 3.8) is 0 Å². The Balaban J connectivity index is 0.00000289. The third-order valence-electron chi connectivity index (χ3n) is 2.91. The summed E-state index contributed by atoms with van der Waals surface area (Å²) in [5, 5.41) is -0.498. The summed E-state index contributed by atoms with van der Waals surface area (Å²) in [7, 11) is 5.71. The van der Waals surface area contributed by atoms with Crippen molar-refractivity contribution in [3.8, 4) is 11.5 Å². The molecule has 0 saturated heterocycles. The number of carbonyl (C=O) groups is 1. The molecule has 1 aromatic carbocycles. The quantitative estimate of drug-likeness (QED) is 0.464. The molecule has 0 aliphatic rings. The molecule has 1 rings (SSSR count). The van der Waals surface area contributed by atoms with Gasteiger partial charge in [-0.25, -0.2) is 0 Å². The van der Waals surface area contributed by atoms with Gasteiger partial charge in [-0.3, -0.25) is 4.79 Å². The van der Waals surface area contributed by atoms with E-state index in [1.165, 1.54) is 0 Å². The fourth-order valence-electron chi connectivity index (χ4n) is 1.52. The SMILES string of the molecule is CCC(C)(P)C(=O)c1c(OC)cccc1OC.[LiH]. The van der Waals surface area contributed by atoms with Crippen molar-refractivity contribution in [2.24, 2.45) is 0 Å². The predicted molar refractivity (Wildman–Crippen MR) is 79.4 cm³/mol. The van der Waals surface area contributed by atoms with E-state index in [-0.39, 0.29) is 24.6 Å². The molecule has 96 valence electrons. The summed E-state index contributed by atoms with van der Waals surface area (Å²) in [6.07, 6.45) is 0.734. The molecule has 0 N–H and O–H groups in total. The van der Waals surface area contributed by atoms with E-state index in [1.54, 1.807) is 32.4 Å². The maximum absolute atomic E-state index is 12.5. The topological polar surface area (TPSA) is 35.5 Å². The number of carbonyl (C=O) groups excluding carboxylic acids is 1. The third-order valence-corrected chi connectivity index (χ3v) is 3.58. The van der Waals surface area contributed by atoms with Crippen LogP contribution in [-0.4, -0.2) is 44.0 Å². The maximum atomic E-state index is 12.5. The van der Waals surface area contributed by atoms with Crippen LogP contribution in [0.25, 0.3) is 0 Å². The van der Waals surface area contributed by atoms with Crippen molar-refractivity contribution in [3.05, 3.63) is 23.8 Å². The van der Waals surface area contributed by atoms with E-state index in [2.05, 4.69) is 9.24 Å². The van der Waals surface area contributed by atoms with Crippen LogP contribution in [0.5, 0.6) is 11.5 Å². The number of hydrogen-bond donors (Lipinski definition) is 0. The molecular formula is C13H20LiO3P. The first-order valence-corrected chi connectivity index (χ1v) is 6.10. The Labute approximate surface area is 123 Å². The van der Waals surface area contributed by atoms with Gasteiger partial charge in [0, 0.05) is 5.16 Å². The molecule has 1 aromatic rings. The zero-order valence-corrected chi connectivity index (χ0v) is 11.9. The summed E-state index contributed by atoms with van der Waals surface area (Å²) in [6, 6.07) is 5.35. The Bertz CT molecular complexity index is 396. The van der Waals surface area contributed by atoms with Gasteiger partial charge in [0.05, 0.1) is 14.2 Å². The van der Waals surface area contributed by atoms with Crippen molar-refractivity contribution in [2.75, 3.05) is 14.2 Å². The van der Waals surface area contributed by atoms with Gasteiger partial charge in [-0.1, -0.05) is 13.0 Å². The zero-order chi connectivity index (χ0) is 13.1. The number of hydrogen-bond acceptors (Lipinski definition) is 3. The molecule has 0 spiro atoms. The van der Waals surface area contributed by atoms with E-state index in [0.717, 1.165) is 6.42 Å². The Morgan fingerprint density at radius 2 is 1.72 bits per heavy atom. The van der Waals surface area contributed by atoms with Gasteiger partial charge in [0.25, 0.3) is 0 Å². The van der Waals surface area contributed by atoms with Crippen molar-refractivity contribution >= 4 is 33.9 Å². The molecular weight excluding hydrogens is 242 g/mol. The van der Waals surface area contributed by atoms with Crippen LogP contribution in [0.3, 0.4) is 0 Å². The van der Waals surface area contributed by atoms with Gasteiger partial charge in [0.1, 0.15) is 17.1 Å². The molecule has 0 aliphatic heterocycles. The molecule has 0 aliphatic carbocycles. The van der Waals surface area contributed by atoms with Gasteiger partial charge in [0.2, 0.25) is 0 Å². The van der Waals surface area contributed by atoms with Crippen LogP contribution >= 0.6 is 9.24 Å². The zero-order valence-electron chi connectivity index (χ0n) is 10.7. The van der Waals surface area contributed by atoms with E-state index in [0.29, 0.717) is 17.1 Å². The molecule has 0 heterocycles.